The van der Waals surface area contributed by atoms with Gasteiger partial charge in [-0.15, -0.1) is 5.10 Å². The minimum absolute atomic E-state index is 0.147. The Morgan fingerprint density at radius 2 is 1.91 bits per heavy atom. The summed E-state index contributed by atoms with van der Waals surface area (Å²) in [5, 5.41) is 5.08. The molecular formula is C17H18N4O2. The summed E-state index contributed by atoms with van der Waals surface area (Å²) in [5.74, 6) is 1.53. The number of rotatable bonds is 2. The van der Waals surface area contributed by atoms with Crippen LogP contribution in [0.15, 0.2) is 35.1 Å². The lowest BCUT2D eigenvalue weighted by molar-refractivity contribution is 0.415. The van der Waals surface area contributed by atoms with Crippen LogP contribution in [0.2, 0.25) is 0 Å². The molecule has 1 aliphatic heterocycles. The molecule has 118 valence electrons. The second kappa shape index (κ2) is 5.53. The van der Waals surface area contributed by atoms with Gasteiger partial charge in [-0.25, -0.2) is 4.98 Å². The third kappa shape index (κ3) is 2.40. The minimum atomic E-state index is -0.147. The fourth-order valence-electron chi connectivity index (χ4n) is 3.08. The molecule has 0 unspecified atom stereocenters. The lowest BCUT2D eigenvalue weighted by Crippen LogP contribution is -2.31. The Bertz CT molecular complexity index is 929. The van der Waals surface area contributed by atoms with Gasteiger partial charge in [0.25, 0.3) is 5.56 Å². The second-order valence-electron chi connectivity index (χ2n) is 5.81. The molecule has 1 saturated heterocycles. The van der Waals surface area contributed by atoms with E-state index in [1.807, 2.05) is 12.1 Å². The number of hydrogen-bond acceptors (Lipinski definition) is 5. The third-order valence-corrected chi connectivity index (χ3v) is 4.34. The average molecular weight is 310 g/mol. The standard InChI is InChI=1S/C17H18N4O2/c1-23-12-5-6-13-14(11-12)18-15-7-8-16(19-21(15)17(13)22)20-9-3-2-4-10-20/h5-8,11H,2-4,9-10H2,1H3. The molecule has 0 bridgehead atoms. The molecule has 0 spiro atoms. The molecular weight excluding hydrogens is 292 g/mol. The van der Waals surface area contributed by atoms with Crippen LogP contribution in [0.3, 0.4) is 0 Å². The topological polar surface area (TPSA) is 59.7 Å². The molecule has 3 heterocycles. The highest BCUT2D eigenvalue weighted by Crippen LogP contribution is 2.19. The molecule has 23 heavy (non-hydrogen) atoms. The number of ether oxygens (including phenoxy) is 1. The highest BCUT2D eigenvalue weighted by Gasteiger charge is 2.14. The van der Waals surface area contributed by atoms with Crippen LogP contribution in [0.5, 0.6) is 5.75 Å². The number of nitrogens with zero attached hydrogens (tertiary/aromatic N) is 4. The molecule has 1 fully saturated rings. The van der Waals surface area contributed by atoms with E-state index in [1.165, 1.54) is 23.8 Å². The Morgan fingerprint density at radius 3 is 2.70 bits per heavy atom. The average Bonchev–Trinajstić information content (AvgIpc) is 2.62. The minimum Gasteiger partial charge on any atom is -0.497 e. The molecule has 1 aromatic carbocycles. The Kier molecular flexibility index (Phi) is 3.37. The van der Waals surface area contributed by atoms with Crippen molar-refractivity contribution in [1.29, 1.82) is 0 Å². The first kappa shape index (κ1) is 14.0. The second-order valence-corrected chi connectivity index (χ2v) is 5.81. The largest absolute Gasteiger partial charge is 0.497 e. The molecule has 0 saturated carbocycles. The predicted molar refractivity (Wildman–Crippen MR) is 89.4 cm³/mol. The van der Waals surface area contributed by atoms with E-state index in [0.29, 0.717) is 22.3 Å². The van der Waals surface area contributed by atoms with Crippen molar-refractivity contribution in [2.75, 3.05) is 25.1 Å². The van der Waals surface area contributed by atoms with Gasteiger partial charge in [0.1, 0.15) is 11.6 Å². The van der Waals surface area contributed by atoms with E-state index in [-0.39, 0.29) is 5.56 Å². The molecule has 6 heteroatoms. The summed E-state index contributed by atoms with van der Waals surface area (Å²) in [7, 11) is 1.60. The van der Waals surface area contributed by atoms with Crippen molar-refractivity contribution in [3.8, 4) is 5.75 Å². The van der Waals surface area contributed by atoms with Crippen molar-refractivity contribution in [3.05, 3.63) is 40.7 Å². The Hall–Kier alpha value is -2.63. The smallest absolute Gasteiger partial charge is 0.282 e. The van der Waals surface area contributed by atoms with Gasteiger partial charge in [0.05, 0.1) is 18.0 Å². The van der Waals surface area contributed by atoms with E-state index >= 15 is 0 Å². The van der Waals surface area contributed by atoms with Crippen LogP contribution in [0.4, 0.5) is 5.82 Å². The van der Waals surface area contributed by atoms with Gasteiger partial charge in [-0.05, 0) is 43.5 Å². The van der Waals surface area contributed by atoms with Crippen LogP contribution < -0.4 is 15.2 Å². The zero-order valence-electron chi connectivity index (χ0n) is 13.0. The lowest BCUT2D eigenvalue weighted by atomic mass is 10.1. The quantitative estimate of drug-likeness (QED) is 0.679. The summed E-state index contributed by atoms with van der Waals surface area (Å²) in [6.07, 6.45) is 3.60. The van der Waals surface area contributed by atoms with Gasteiger partial charge in [-0.2, -0.15) is 4.52 Å². The number of fused-ring (bicyclic) bond motifs is 2. The van der Waals surface area contributed by atoms with Gasteiger partial charge in [0, 0.05) is 19.2 Å². The SMILES string of the molecule is COc1ccc2c(=O)n3nc(N4CCCCC4)ccc3nc2c1. The van der Waals surface area contributed by atoms with Crippen LogP contribution >= 0.6 is 0 Å². The molecule has 0 atom stereocenters. The fraction of sp³-hybridized carbons (Fsp3) is 0.353. The van der Waals surface area contributed by atoms with Gasteiger partial charge >= 0.3 is 0 Å². The van der Waals surface area contributed by atoms with Crippen molar-refractivity contribution < 1.29 is 4.74 Å². The first-order valence-electron chi connectivity index (χ1n) is 7.89. The van der Waals surface area contributed by atoms with Crippen molar-refractivity contribution in [2.45, 2.75) is 19.3 Å². The lowest BCUT2D eigenvalue weighted by Gasteiger charge is -2.27. The van der Waals surface area contributed by atoms with E-state index in [1.54, 1.807) is 25.3 Å². The Morgan fingerprint density at radius 1 is 1.09 bits per heavy atom. The summed E-state index contributed by atoms with van der Waals surface area (Å²) in [6, 6.07) is 9.09. The van der Waals surface area contributed by atoms with Crippen LogP contribution in [0.1, 0.15) is 19.3 Å². The zero-order chi connectivity index (χ0) is 15.8. The highest BCUT2D eigenvalue weighted by atomic mass is 16.5. The Balaban J connectivity index is 1.89. The van der Waals surface area contributed by atoms with E-state index < -0.39 is 0 Å². The normalized spacial score (nSPS) is 15.3. The van der Waals surface area contributed by atoms with E-state index in [2.05, 4.69) is 15.0 Å². The highest BCUT2D eigenvalue weighted by molar-refractivity contribution is 5.81. The first-order chi connectivity index (χ1) is 11.3. The van der Waals surface area contributed by atoms with Crippen molar-refractivity contribution in [2.24, 2.45) is 0 Å². The summed E-state index contributed by atoms with van der Waals surface area (Å²) in [4.78, 5) is 19.5. The summed E-state index contributed by atoms with van der Waals surface area (Å²) in [5.41, 5.74) is 1.03. The zero-order valence-corrected chi connectivity index (χ0v) is 13.0. The maximum Gasteiger partial charge on any atom is 0.282 e. The van der Waals surface area contributed by atoms with Crippen LogP contribution in [-0.2, 0) is 0 Å². The molecule has 3 aromatic rings. The fourth-order valence-corrected chi connectivity index (χ4v) is 3.08. The van der Waals surface area contributed by atoms with E-state index in [4.69, 9.17) is 4.74 Å². The number of anilines is 1. The van der Waals surface area contributed by atoms with E-state index in [0.717, 1.165) is 18.9 Å². The molecule has 0 aliphatic carbocycles. The van der Waals surface area contributed by atoms with Gasteiger partial charge in [0.2, 0.25) is 0 Å². The van der Waals surface area contributed by atoms with Gasteiger partial charge < -0.3 is 9.64 Å². The van der Waals surface area contributed by atoms with Crippen molar-refractivity contribution >= 4 is 22.4 Å². The maximum absolute atomic E-state index is 12.7. The van der Waals surface area contributed by atoms with Gasteiger partial charge in [0.15, 0.2) is 5.65 Å². The molecule has 0 radical (unpaired) electrons. The molecule has 0 amide bonds. The number of aromatic nitrogens is 3. The molecule has 4 rings (SSSR count). The molecule has 0 N–H and O–H groups in total. The van der Waals surface area contributed by atoms with E-state index in [9.17, 15) is 4.79 Å². The molecule has 6 nitrogen and oxygen atoms in total. The number of methoxy groups -OCH3 is 1. The predicted octanol–water partition coefficient (Wildman–Crippen LogP) is 2.24. The summed E-state index contributed by atoms with van der Waals surface area (Å²) in [6.45, 7) is 1.98. The number of benzene rings is 1. The molecule has 2 aromatic heterocycles. The van der Waals surface area contributed by atoms with Crippen LogP contribution in [0, 0.1) is 0 Å². The first-order valence-corrected chi connectivity index (χ1v) is 7.89. The Labute approximate surface area is 133 Å². The van der Waals surface area contributed by atoms with Crippen molar-refractivity contribution in [3.63, 3.8) is 0 Å². The number of hydrogen-bond donors (Lipinski definition) is 0. The summed E-state index contributed by atoms with van der Waals surface area (Å²) >= 11 is 0. The van der Waals surface area contributed by atoms with Crippen LogP contribution in [0.25, 0.3) is 16.6 Å². The maximum atomic E-state index is 12.7. The molecule has 1 aliphatic rings. The third-order valence-electron chi connectivity index (χ3n) is 4.34. The van der Waals surface area contributed by atoms with Gasteiger partial charge in [-0.3, -0.25) is 4.79 Å². The number of piperidine rings is 1. The van der Waals surface area contributed by atoms with Crippen molar-refractivity contribution in [1.82, 2.24) is 14.6 Å². The van der Waals surface area contributed by atoms with Crippen LogP contribution in [-0.4, -0.2) is 34.8 Å². The van der Waals surface area contributed by atoms with Gasteiger partial charge in [-0.1, -0.05) is 0 Å². The summed E-state index contributed by atoms with van der Waals surface area (Å²) < 4.78 is 6.60. The monoisotopic (exact) mass is 310 g/mol.